The lowest BCUT2D eigenvalue weighted by Gasteiger charge is -2.40. The van der Waals surface area contributed by atoms with E-state index in [1.165, 1.54) is 6.42 Å². The molecule has 0 saturated carbocycles. The van der Waals surface area contributed by atoms with Crippen LogP contribution in [0, 0.1) is 5.41 Å². The first-order valence-electron chi connectivity index (χ1n) is 9.80. The maximum Gasteiger partial charge on any atom is 0.230 e. The molecule has 1 amide bonds. The highest BCUT2D eigenvalue weighted by atomic mass is 16.5. The molecule has 0 aromatic carbocycles. The number of carbonyl (C=O) groups is 1. The number of rotatable bonds is 4. The van der Waals surface area contributed by atoms with Crippen LogP contribution in [0.25, 0.3) is 0 Å². The Kier molecular flexibility index (Phi) is 5.08. The van der Waals surface area contributed by atoms with E-state index in [-0.39, 0.29) is 5.41 Å². The van der Waals surface area contributed by atoms with Crippen LogP contribution < -0.4 is 5.32 Å². The van der Waals surface area contributed by atoms with E-state index >= 15 is 0 Å². The van der Waals surface area contributed by atoms with Crippen LogP contribution >= 0.6 is 0 Å². The van der Waals surface area contributed by atoms with Crippen molar-refractivity contribution in [2.24, 2.45) is 5.41 Å². The number of hydrogen-bond acceptors (Lipinski definition) is 5. The van der Waals surface area contributed by atoms with Gasteiger partial charge in [-0.1, -0.05) is 5.16 Å². The van der Waals surface area contributed by atoms with Gasteiger partial charge in [0.2, 0.25) is 5.91 Å². The lowest BCUT2D eigenvalue weighted by molar-refractivity contribution is -0.144. The zero-order chi connectivity index (χ0) is 17.1. The van der Waals surface area contributed by atoms with Gasteiger partial charge in [0.1, 0.15) is 5.76 Å². The van der Waals surface area contributed by atoms with Gasteiger partial charge in [0.15, 0.2) is 0 Å². The molecule has 0 radical (unpaired) electrons. The minimum Gasteiger partial charge on any atom is -0.381 e. The molecular weight excluding hydrogens is 318 g/mol. The van der Waals surface area contributed by atoms with Crippen molar-refractivity contribution in [3.05, 3.63) is 17.5 Å². The normalized spacial score (nSPS) is 30.6. The molecule has 3 aliphatic rings. The van der Waals surface area contributed by atoms with E-state index in [9.17, 15) is 4.79 Å². The zero-order valence-corrected chi connectivity index (χ0v) is 15.0. The van der Waals surface area contributed by atoms with Crippen molar-refractivity contribution in [2.75, 3.05) is 39.4 Å². The fourth-order valence-electron chi connectivity index (χ4n) is 4.52. The van der Waals surface area contributed by atoms with E-state index in [1.807, 2.05) is 0 Å². The van der Waals surface area contributed by atoms with Crippen molar-refractivity contribution in [2.45, 2.75) is 50.9 Å². The third-order valence-electron chi connectivity index (χ3n) is 6.01. The average Bonchev–Trinajstić information content (AvgIpc) is 3.34. The first-order valence-corrected chi connectivity index (χ1v) is 9.80. The molecule has 0 bridgehead atoms. The summed E-state index contributed by atoms with van der Waals surface area (Å²) in [6.07, 6.45) is 7.12. The Balaban J connectivity index is 1.51. The van der Waals surface area contributed by atoms with Crippen LogP contribution in [0.3, 0.4) is 0 Å². The van der Waals surface area contributed by atoms with Crippen molar-refractivity contribution in [3.8, 4) is 0 Å². The number of nitrogens with one attached hydrogen (secondary N) is 1. The van der Waals surface area contributed by atoms with Crippen molar-refractivity contribution < 1.29 is 14.1 Å². The maximum atomic E-state index is 13.3. The molecule has 3 aliphatic heterocycles. The summed E-state index contributed by atoms with van der Waals surface area (Å²) in [6.45, 7) is 5.07. The summed E-state index contributed by atoms with van der Waals surface area (Å²) < 4.78 is 11.1. The quantitative estimate of drug-likeness (QED) is 0.903. The number of hydrogen-bond donors (Lipinski definition) is 1. The average molecular weight is 347 g/mol. The van der Waals surface area contributed by atoms with E-state index < -0.39 is 0 Å². The van der Waals surface area contributed by atoms with Crippen LogP contribution in [0.5, 0.6) is 0 Å². The van der Waals surface area contributed by atoms with Crippen LogP contribution in [0.15, 0.2) is 10.6 Å². The highest BCUT2D eigenvalue weighted by Gasteiger charge is 2.43. The third-order valence-corrected chi connectivity index (χ3v) is 6.01. The van der Waals surface area contributed by atoms with Crippen LogP contribution in [0.2, 0.25) is 0 Å². The summed E-state index contributed by atoms with van der Waals surface area (Å²) in [7, 11) is 0. The van der Waals surface area contributed by atoms with Crippen LogP contribution in [0.1, 0.15) is 55.9 Å². The number of ether oxygens (including phenoxy) is 1. The molecule has 3 saturated heterocycles. The second-order valence-corrected chi connectivity index (χ2v) is 7.87. The van der Waals surface area contributed by atoms with Gasteiger partial charge in [-0.3, -0.25) is 4.79 Å². The first kappa shape index (κ1) is 17.0. The maximum absolute atomic E-state index is 13.3. The summed E-state index contributed by atoms with van der Waals surface area (Å²) in [5.41, 5.74) is 0.607. The lowest BCUT2D eigenvalue weighted by atomic mass is 9.75. The van der Waals surface area contributed by atoms with Gasteiger partial charge in [-0.2, -0.15) is 0 Å². The summed E-state index contributed by atoms with van der Waals surface area (Å²) in [6, 6.07) is 2.05. The zero-order valence-electron chi connectivity index (χ0n) is 15.0. The molecule has 1 N–H and O–H groups in total. The van der Waals surface area contributed by atoms with Gasteiger partial charge >= 0.3 is 0 Å². The van der Waals surface area contributed by atoms with Crippen molar-refractivity contribution in [1.82, 2.24) is 15.4 Å². The lowest BCUT2D eigenvalue weighted by Crippen LogP contribution is -2.54. The number of piperidine rings is 2. The summed E-state index contributed by atoms with van der Waals surface area (Å²) in [4.78, 5) is 15.4. The Bertz CT molecular complexity index is 582. The monoisotopic (exact) mass is 347 g/mol. The Morgan fingerprint density at radius 3 is 2.92 bits per heavy atom. The van der Waals surface area contributed by atoms with E-state index in [2.05, 4.69) is 21.4 Å². The minimum absolute atomic E-state index is 0.307. The van der Waals surface area contributed by atoms with Gasteiger partial charge in [-0.15, -0.1) is 0 Å². The highest BCUT2D eigenvalue weighted by molar-refractivity contribution is 5.83. The Morgan fingerprint density at radius 1 is 1.32 bits per heavy atom. The van der Waals surface area contributed by atoms with Gasteiger partial charge in [0, 0.05) is 44.6 Å². The number of aromatic nitrogens is 1. The minimum atomic E-state index is -0.376. The molecule has 0 aliphatic carbocycles. The highest BCUT2D eigenvalue weighted by Crippen LogP contribution is 2.35. The Labute approximate surface area is 149 Å². The van der Waals surface area contributed by atoms with Gasteiger partial charge < -0.3 is 19.5 Å². The van der Waals surface area contributed by atoms with E-state index in [4.69, 9.17) is 9.26 Å². The second kappa shape index (κ2) is 7.46. The number of carbonyl (C=O) groups excluding carboxylic acids is 1. The van der Waals surface area contributed by atoms with Crippen molar-refractivity contribution in [1.29, 1.82) is 0 Å². The SMILES string of the molecule is O=C(N1CCCCC1)[C@]1(Cc2cc([C@H]3CCOC3)no2)CCCNC1. The fraction of sp³-hybridized carbons (Fsp3) is 0.789. The Morgan fingerprint density at radius 2 is 2.20 bits per heavy atom. The molecule has 4 heterocycles. The van der Waals surface area contributed by atoms with Gasteiger partial charge in [-0.05, 0) is 45.1 Å². The van der Waals surface area contributed by atoms with Gasteiger partial charge in [0.05, 0.1) is 17.7 Å². The predicted molar refractivity (Wildman–Crippen MR) is 93.4 cm³/mol. The summed E-state index contributed by atoms with van der Waals surface area (Å²) in [5, 5.41) is 7.71. The Hall–Kier alpha value is -1.40. The standard InChI is InChI=1S/C19H29N3O3/c23-18(22-8-2-1-3-9-22)19(6-4-7-20-14-19)12-16-11-17(21-25-16)15-5-10-24-13-15/h11,15,20H,1-10,12-14H2/t15-,19-/m0/s1. The van der Waals surface area contributed by atoms with Crippen LogP contribution in [-0.4, -0.2) is 55.4 Å². The molecule has 25 heavy (non-hydrogen) atoms. The molecule has 6 nitrogen and oxygen atoms in total. The smallest absolute Gasteiger partial charge is 0.230 e. The number of likely N-dealkylation sites (tertiary alicyclic amines) is 1. The van der Waals surface area contributed by atoms with E-state index in [1.54, 1.807) is 0 Å². The molecular formula is C19H29N3O3. The number of nitrogens with zero attached hydrogens (tertiary/aromatic N) is 2. The molecule has 3 fully saturated rings. The van der Waals surface area contributed by atoms with E-state index in [0.29, 0.717) is 18.2 Å². The van der Waals surface area contributed by atoms with Gasteiger partial charge in [-0.25, -0.2) is 0 Å². The van der Waals surface area contributed by atoms with Gasteiger partial charge in [0.25, 0.3) is 0 Å². The molecule has 1 aromatic heterocycles. The molecule has 0 unspecified atom stereocenters. The van der Waals surface area contributed by atoms with Crippen LogP contribution in [-0.2, 0) is 16.0 Å². The largest absolute Gasteiger partial charge is 0.381 e. The third kappa shape index (κ3) is 3.60. The second-order valence-electron chi connectivity index (χ2n) is 7.87. The predicted octanol–water partition coefficient (Wildman–Crippen LogP) is 2.10. The fourth-order valence-corrected chi connectivity index (χ4v) is 4.52. The first-order chi connectivity index (χ1) is 12.3. The summed E-state index contributed by atoms with van der Waals surface area (Å²) in [5.74, 6) is 1.49. The van der Waals surface area contributed by atoms with Crippen LogP contribution in [0.4, 0.5) is 0 Å². The topological polar surface area (TPSA) is 67.6 Å². The van der Waals surface area contributed by atoms with E-state index in [0.717, 1.165) is 83.0 Å². The molecule has 2 atom stereocenters. The summed E-state index contributed by atoms with van der Waals surface area (Å²) >= 11 is 0. The van der Waals surface area contributed by atoms with Crippen molar-refractivity contribution in [3.63, 3.8) is 0 Å². The molecule has 4 rings (SSSR count). The van der Waals surface area contributed by atoms with Crippen molar-refractivity contribution >= 4 is 5.91 Å². The molecule has 138 valence electrons. The molecule has 6 heteroatoms. The number of amides is 1. The molecule has 0 spiro atoms. The molecule has 1 aromatic rings.